The smallest absolute Gasteiger partial charge is 0.272 e. The van der Waals surface area contributed by atoms with Crippen LogP contribution in [0.2, 0.25) is 0 Å². The molecule has 4 nitrogen and oxygen atoms in total. The Morgan fingerprint density at radius 1 is 1.47 bits per heavy atom. The van der Waals surface area contributed by atoms with Crippen molar-refractivity contribution >= 4 is 11.7 Å². The number of piperidine rings is 1. The fourth-order valence-electron chi connectivity index (χ4n) is 2.59. The van der Waals surface area contributed by atoms with Crippen molar-refractivity contribution in [3.63, 3.8) is 0 Å². The lowest BCUT2D eigenvalue weighted by Gasteiger charge is -2.37. The van der Waals surface area contributed by atoms with Gasteiger partial charge in [-0.15, -0.1) is 0 Å². The van der Waals surface area contributed by atoms with Gasteiger partial charge in [-0.1, -0.05) is 19.9 Å². The highest BCUT2D eigenvalue weighted by Crippen LogP contribution is 2.29. The molecular weight excluding hydrogens is 238 g/mol. The van der Waals surface area contributed by atoms with Crippen LogP contribution in [0.25, 0.3) is 0 Å². The second kappa shape index (κ2) is 5.59. The molecule has 1 aliphatic rings. The number of carbonyl (C=O) groups is 1. The summed E-state index contributed by atoms with van der Waals surface area (Å²) < 4.78 is 0. The monoisotopic (exact) mass is 261 g/mol. The third kappa shape index (κ3) is 3.46. The minimum absolute atomic E-state index is 0.0486. The fourth-order valence-corrected chi connectivity index (χ4v) is 2.59. The summed E-state index contributed by atoms with van der Waals surface area (Å²) in [5.41, 5.74) is 0.754. The Hall–Kier alpha value is -1.58. The molecule has 1 aromatic rings. The molecule has 0 bridgehead atoms. The highest BCUT2D eigenvalue weighted by atomic mass is 16.2. The number of likely N-dealkylation sites (tertiary alicyclic amines) is 1. The van der Waals surface area contributed by atoms with E-state index in [0.29, 0.717) is 5.69 Å². The first-order valence-electron chi connectivity index (χ1n) is 7.02. The Labute approximate surface area is 115 Å². The van der Waals surface area contributed by atoms with Crippen molar-refractivity contribution in [3.05, 3.63) is 23.9 Å². The number of anilines is 1. The first-order valence-corrected chi connectivity index (χ1v) is 7.02. The van der Waals surface area contributed by atoms with Crippen LogP contribution >= 0.6 is 0 Å². The second-order valence-electron chi connectivity index (χ2n) is 5.93. The van der Waals surface area contributed by atoms with Crippen molar-refractivity contribution in [1.29, 1.82) is 0 Å². The molecule has 1 aliphatic heterocycles. The number of rotatable bonds is 3. The van der Waals surface area contributed by atoms with Gasteiger partial charge < -0.3 is 10.2 Å². The van der Waals surface area contributed by atoms with Gasteiger partial charge in [0.15, 0.2) is 0 Å². The van der Waals surface area contributed by atoms with Crippen molar-refractivity contribution in [3.8, 4) is 0 Å². The number of hydrogen-bond donors (Lipinski definition) is 1. The number of hydrogen-bond acceptors (Lipinski definition) is 3. The molecular formula is C15H23N3O. The second-order valence-corrected chi connectivity index (χ2v) is 5.93. The lowest BCUT2D eigenvalue weighted by atomic mass is 9.84. The minimum Gasteiger partial charge on any atom is -0.370 e. The van der Waals surface area contributed by atoms with Gasteiger partial charge >= 0.3 is 0 Å². The molecule has 1 aromatic heterocycles. The molecule has 0 spiro atoms. The summed E-state index contributed by atoms with van der Waals surface area (Å²) in [5, 5.41) is 3.14. The molecule has 0 atom stereocenters. The molecule has 0 saturated carbocycles. The van der Waals surface area contributed by atoms with Crippen LogP contribution in [0.15, 0.2) is 18.2 Å². The van der Waals surface area contributed by atoms with Gasteiger partial charge in [0.2, 0.25) is 0 Å². The number of nitrogens with one attached hydrogen (secondary N) is 1. The minimum atomic E-state index is 0.0486. The number of pyridine rings is 1. The Morgan fingerprint density at radius 2 is 2.26 bits per heavy atom. The van der Waals surface area contributed by atoms with Gasteiger partial charge in [0.05, 0.1) is 0 Å². The van der Waals surface area contributed by atoms with Gasteiger partial charge in [-0.2, -0.15) is 0 Å². The zero-order chi connectivity index (χ0) is 13.9. The molecule has 0 radical (unpaired) electrons. The Balaban J connectivity index is 2.12. The Kier molecular flexibility index (Phi) is 4.08. The van der Waals surface area contributed by atoms with Crippen LogP contribution in [0, 0.1) is 5.41 Å². The summed E-state index contributed by atoms with van der Waals surface area (Å²) >= 11 is 0. The number of carbonyl (C=O) groups excluding carboxylic acids is 1. The SMILES string of the molecule is CCNc1cccc(C(=O)N2CCCC(C)(C)C2)n1. The van der Waals surface area contributed by atoms with Gasteiger partial charge in [-0.05, 0) is 37.3 Å². The quantitative estimate of drug-likeness (QED) is 0.910. The van der Waals surface area contributed by atoms with Crippen molar-refractivity contribution in [2.45, 2.75) is 33.6 Å². The van der Waals surface area contributed by atoms with Crippen molar-refractivity contribution < 1.29 is 4.79 Å². The van der Waals surface area contributed by atoms with Crippen LogP contribution in [0.1, 0.15) is 44.1 Å². The molecule has 2 rings (SSSR count). The zero-order valence-corrected chi connectivity index (χ0v) is 12.1. The predicted molar refractivity (Wildman–Crippen MR) is 77.3 cm³/mol. The molecule has 19 heavy (non-hydrogen) atoms. The molecule has 2 heterocycles. The normalized spacial score (nSPS) is 18.2. The summed E-state index contributed by atoms with van der Waals surface area (Å²) in [6.45, 7) is 8.92. The van der Waals surface area contributed by atoms with E-state index >= 15 is 0 Å². The Bertz CT molecular complexity index is 456. The van der Waals surface area contributed by atoms with Gasteiger partial charge in [-0.25, -0.2) is 4.98 Å². The third-order valence-electron chi connectivity index (χ3n) is 3.51. The molecule has 0 aromatic carbocycles. The third-order valence-corrected chi connectivity index (χ3v) is 3.51. The van der Waals surface area contributed by atoms with Crippen LogP contribution in [0.5, 0.6) is 0 Å². The largest absolute Gasteiger partial charge is 0.370 e. The summed E-state index contributed by atoms with van der Waals surface area (Å²) in [6, 6.07) is 5.57. The summed E-state index contributed by atoms with van der Waals surface area (Å²) in [6.07, 6.45) is 2.26. The molecule has 1 saturated heterocycles. The average molecular weight is 261 g/mol. The van der Waals surface area contributed by atoms with E-state index in [9.17, 15) is 4.79 Å². The Morgan fingerprint density at radius 3 is 2.95 bits per heavy atom. The molecule has 0 unspecified atom stereocenters. The topological polar surface area (TPSA) is 45.2 Å². The highest BCUT2D eigenvalue weighted by molar-refractivity contribution is 5.92. The van der Waals surface area contributed by atoms with Crippen molar-refractivity contribution in [2.75, 3.05) is 25.0 Å². The zero-order valence-electron chi connectivity index (χ0n) is 12.1. The van der Waals surface area contributed by atoms with E-state index in [-0.39, 0.29) is 11.3 Å². The maximum atomic E-state index is 12.5. The van der Waals surface area contributed by atoms with E-state index < -0.39 is 0 Å². The van der Waals surface area contributed by atoms with Gasteiger partial charge in [0.1, 0.15) is 11.5 Å². The standard InChI is InChI=1S/C15H23N3O/c1-4-16-13-8-5-7-12(17-13)14(19)18-10-6-9-15(2,3)11-18/h5,7-8H,4,6,9-11H2,1-3H3,(H,16,17). The molecule has 4 heteroatoms. The number of aromatic nitrogens is 1. The van der Waals surface area contributed by atoms with Gasteiger partial charge in [-0.3, -0.25) is 4.79 Å². The van der Waals surface area contributed by atoms with Crippen LogP contribution in [0.4, 0.5) is 5.82 Å². The van der Waals surface area contributed by atoms with Gasteiger partial charge in [0.25, 0.3) is 5.91 Å². The number of amides is 1. The molecule has 1 amide bonds. The van der Waals surface area contributed by atoms with E-state index in [1.54, 1.807) is 6.07 Å². The van der Waals surface area contributed by atoms with E-state index in [2.05, 4.69) is 24.1 Å². The molecule has 1 N–H and O–H groups in total. The van der Waals surface area contributed by atoms with Crippen LogP contribution in [-0.4, -0.2) is 35.4 Å². The van der Waals surface area contributed by atoms with Crippen LogP contribution in [0.3, 0.4) is 0 Å². The van der Waals surface area contributed by atoms with E-state index in [1.165, 1.54) is 6.42 Å². The molecule has 1 fully saturated rings. The maximum Gasteiger partial charge on any atom is 0.272 e. The fraction of sp³-hybridized carbons (Fsp3) is 0.600. The van der Waals surface area contributed by atoms with E-state index in [0.717, 1.165) is 31.9 Å². The maximum absolute atomic E-state index is 12.5. The molecule has 104 valence electrons. The van der Waals surface area contributed by atoms with Crippen LogP contribution in [-0.2, 0) is 0 Å². The summed E-state index contributed by atoms with van der Waals surface area (Å²) in [4.78, 5) is 18.8. The van der Waals surface area contributed by atoms with E-state index in [1.807, 2.05) is 24.0 Å². The molecule has 0 aliphatic carbocycles. The lowest BCUT2D eigenvalue weighted by Crippen LogP contribution is -2.43. The van der Waals surface area contributed by atoms with Crippen molar-refractivity contribution in [1.82, 2.24) is 9.88 Å². The summed E-state index contributed by atoms with van der Waals surface area (Å²) in [7, 11) is 0. The van der Waals surface area contributed by atoms with Crippen molar-refractivity contribution in [2.24, 2.45) is 5.41 Å². The lowest BCUT2D eigenvalue weighted by molar-refractivity contribution is 0.0578. The van der Waals surface area contributed by atoms with Crippen LogP contribution < -0.4 is 5.32 Å². The highest BCUT2D eigenvalue weighted by Gasteiger charge is 2.30. The van der Waals surface area contributed by atoms with E-state index in [4.69, 9.17) is 0 Å². The first kappa shape index (κ1) is 13.8. The summed E-state index contributed by atoms with van der Waals surface area (Å²) in [5.74, 6) is 0.817. The number of nitrogens with zero attached hydrogens (tertiary/aromatic N) is 2. The average Bonchev–Trinajstić information content (AvgIpc) is 2.37. The first-order chi connectivity index (χ1) is 9.02. The predicted octanol–water partition coefficient (Wildman–Crippen LogP) is 2.78. The van der Waals surface area contributed by atoms with Gasteiger partial charge in [0, 0.05) is 19.6 Å².